The normalized spacial score (nSPS) is 22.5. The summed E-state index contributed by atoms with van der Waals surface area (Å²) in [7, 11) is 2.00. The van der Waals surface area contributed by atoms with Gasteiger partial charge in [0.1, 0.15) is 12.4 Å². The molecule has 0 amide bonds. The minimum Gasteiger partial charge on any atom is -0.354 e. The molecule has 1 aliphatic carbocycles. The van der Waals surface area contributed by atoms with Crippen LogP contribution in [0.25, 0.3) is 0 Å². The van der Waals surface area contributed by atoms with Crippen molar-refractivity contribution >= 4 is 29.9 Å². The van der Waals surface area contributed by atoms with Crippen molar-refractivity contribution < 1.29 is 0 Å². The van der Waals surface area contributed by atoms with Gasteiger partial charge in [0.25, 0.3) is 0 Å². The van der Waals surface area contributed by atoms with Gasteiger partial charge in [-0.15, -0.1) is 34.2 Å². The van der Waals surface area contributed by atoms with E-state index in [9.17, 15) is 0 Å². The van der Waals surface area contributed by atoms with Crippen molar-refractivity contribution in [2.75, 3.05) is 6.54 Å². The van der Waals surface area contributed by atoms with Crippen LogP contribution >= 0.6 is 24.0 Å². The Morgan fingerprint density at radius 3 is 2.48 bits per heavy atom. The van der Waals surface area contributed by atoms with Gasteiger partial charge in [-0.05, 0) is 38.7 Å². The number of benzene rings is 1. The number of nitrogens with one attached hydrogen (secondary N) is 2. The van der Waals surface area contributed by atoms with Crippen LogP contribution in [0.2, 0.25) is 0 Å². The molecule has 1 saturated carbocycles. The fourth-order valence-electron chi connectivity index (χ4n) is 4.57. The molecule has 8 heteroatoms. The number of guanidine groups is 1. The lowest BCUT2D eigenvalue weighted by Gasteiger charge is -2.22. The Kier molecular flexibility index (Phi) is 8.71. The van der Waals surface area contributed by atoms with Crippen LogP contribution in [0.4, 0.5) is 0 Å². The summed E-state index contributed by atoms with van der Waals surface area (Å²) in [5, 5.41) is 15.8. The Hall–Kier alpha value is -1.68. The summed E-state index contributed by atoms with van der Waals surface area (Å²) in [5.41, 5.74) is 1.38. The van der Waals surface area contributed by atoms with Crippen LogP contribution in [0.1, 0.15) is 56.2 Å². The molecule has 2 fully saturated rings. The number of rotatable bonds is 6. The van der Waals surface area contributed by atoms with E-state index in [1.165, 1.54) is 31.2 Å². The van der Waals surface area contributed by atoms with Gasteiger partial charge in [-0.1, -0.05) is 43.2 Å². The maximum atomic E-state index is 4.88. The Bertz CT molecular complexity index is 845. The van der Waals surface area contributed by atoms with Gasteiger partial charge >= 0.3 is 0 Å². The Labute approximate surface area is 203 Å². The van der Waals surface area contributed by atoms with E-state index in [-0.39, 0.29) is 24.0 Å². The highest BCUT2D eigenvalue weighted by molar-refractivity contribution is 14.0. The van der Waals surface area contributed by atoms with Crippen molar-refractivity contribution in [2.24, 2.45) is 12.0 Å². The topological polar surface area (TPSA) is 70.4 Å². The molecule has 31 heavy (non-hydrogen) atoms. The van der Waals surface area contributed by atoms with Crippen LogP contribution in [0, 0.1) is 6.92 Å². The molecular weight excluding hydrogens is 501 g/mol. The van der Waals surface area contributed by atoms with E-state index in [4.69, 9.17) is 4.99 Å². The van der Waals surface area contributed by atoms with Crippen LogP contribution < -0.4 is 10.6 Å². The molecule has 2 N–H and O–H groups in total. The summed E-state index contributed by atoms with van der Waals surface area (Å²) in [5.74, 6) is 2.73. The third-order valence-corrected chi connectivity index (χ3v) is 6.53. The predicted molar refractivity (Wildman–Crippen MR) is 136 cm³/mol. The maximum absolute atomic E-state index is 4.88. The summed E-state index contributed by atoms with van der Waals surface area (Å²) >= 11 is 0. The number of halogens is 1. The average Bonchev–Trinajstić information content (AvgIpc) is 3.45. The van der Waals surface area contributed by atoms with Gasteiger partial charge in [0.15, 0.2) is 11.8 Å². The van der Waals surface area contributed by atoms with E-state index < -0.39 is 0 Å². The fourth-order valence-corrected chi connectivity index (χ4v) is 4.57. The molecule has 0 bridgehead atoms. The lowest BCUT2D eigenvalue weighted by Crippen LogP contribution is -2.47. The fraction of sp³-hybridized carbons (Fsp3) is 0.609. The van der Waals surface area contributed by atoms with E-state index >= 15 is 0 Å². The molecule has 2 aliphatic rings. The third kappa shape index (κ3) is 6.41. The molecular formula is C23H36IN7. The first-order chi connectivity index (χ1) is 14.6. The molecule has 1 aromatic heterocycles. The highest BCUT2D eigenvalue weighted by Gasteiger charge is 2.30. The third-order valence-electron chi connectivity index (χ3n) is 6.53. The van der Waals surface area contributed by atoms with Gasteiger partial charge in [-0.2, -0.15) is 0 Å². The first-order valence-corrected chi connectivity index (χ1v) is 11.3. The molecule has 170 valence electrons. The lowest BCUT2D eigenvalue weighted by atomic mass is 10.2. The Morgan fingerprint density at radius 2 is 1.81 bits per heavy atom. The SMILES string of the molecule is Cc1nnc(CN=C(NC2CCCC2)NC2CC(C)N(Cc3ccccc3)C2)n1C.I. The van der Waals surface area contributed by atoms with Crippen molar-refractivity contribution in [2.45, 2.75) is 77.2 Å². The van der Waals surface area contributed by atoms with Gasteiger partial charge in [-0.3, -0.25) is 4.90 Å². The zero-order valence-electron chi connectivity index (χ0n) is 18.9. The molecule has 1 aromatic carbocycles. The number of aliphatic imine (C=N–C) groups is 1. The van der Waals surface area contributed by atoms with Gasteiger partial charge in [0.2, 0.25) is 0 Å². The second-order valence-corrected chi connectivity index (χ2v) is 8.85. The molecule has 4 rings (SSSR count). The van der Waals surface area contributed by atoms with Crippen molar-refractivity contribution in [3.05, 3.63) is 47.5 Å². The molecule has 1 saturated heterocycles. The first-order valence-electron chi connectivity index (χ1n) is 11.3. The molecule has 2 atom stereocenters. The van der Waals surface area contributed by atoms with Gasteiger partial charge < -0.3 is 15.2 Å². The summed E-state index contributed by atoms with van der Waals surface area (Å²) in [6.45, 7) is 6.87. The van der Waals surface area contributed by atoms with E-state index in [1.807, 2.05) is 18.5 Å². The van der Waals surface area contributed by atoms with Gasteiger partial charge in [-0.25, -0.2) is 4.99 Å². The van der Waals surface area contributed by atoms with Crippen LogP contribution in [0.3, 0.4) is 0 Å². The van der Waals surface area contributed by atoms with Crippen LogP contribution in [0.15, 0.2) is 35.3 Å². The monoisotopic (exact) mass is 537 g/mol. The zero-order valence-corrected chi connectivity index (χ0v) is 21.3. The number of hydrogen-bond acceptors (Lipinski definition) is 4. The summed E-state index contributed by atoms with van der Waals surface area (Å²) < 4.78 is 2.01. The number of aromatic nitrogens is 3. The van der Waals surface area contributed by atoms with E-state index in [0.717, 1.165) is 37.1 Å². The molecule has 2 heterocycles. The van der Waals surface area contributed by atoms with Crippen molar-refractivity contribution in [1.82, 2.24) is 30.3 Å². The number of likely N-dealkylation sites (tertiary alicyclic amines) is 1. The molecule has 0 radical (unpaired) electrons. The van der Waals surface area contributed by atoms with Crippen molar-refractivity contribution in [3.63, 3.8) is 0 Å². The molecule has 2 unspecified atom stereocenters. The smallest absolute Gasteiger partial charge is 0.192 e. The van der Waals surface area contributed by atoms with E-state index in [2.05, 4.69) is 63.0 Å². The lowest BCUT2D eigenvalue weighted by molar-refractivity contribution is 0.258. The number of aryl methyl sites for hydroxylation is 1. The molecule has 0 spiro atoms. The van der Waals surface area contributed by atoms with E-state index in [0.29, 0.717) is 24.7 Å². The zero-order chi connectivity index (χ0) is 20.9. The minimum absolute atomic E-state index is 0. The average molecular weight is 537 g/mol. The van der Waals surface area contributed by atoms with Gasteiger partial charge in [0, 0.05) is 38.3 Å². The van der Waals surface area contributed by atoms with Crippen molar-refractivity contribution in [3.8, 4) is 0 Å². The predicted octanol–water partition coefficient (Wildman–Crippen LogP) is 3.38. The van der Waals surface area contributed by atoms with Crippen LogP contribution in [0.5, 0.6) is 0 Å². The van der Waals surface area contributed by atoms with Crippen molar-refractivity contribution in [1.29, 1.82) is 0 Å². The second-order valence-electron chi connectivity index (χ2n) is 8.85. The largest absolute Gasteiger partial charge is 0.354 e. The number of hydrogen-bond donors (Lipinski definition) is 2. The van der Waals surface area contributed by atoms with Crippen LogP contribution in [-0.4, -0.2) is 50.3 Å². The summed E-state index contributed by atoms with van der Waals surface area (Å²) in [4.78, 5) is 7.44. The highest BCUT2D eigenvalue weighted by Crippen LogP contribution is 2.21. The maximum Gasteiger partial charge on any atom is 0.192 e. The first kappa shape index (κ1) is 24.0. The standard InChI is InChI=1S/C23H35N7.HI/c1-17-13-21(16-30(17)15-19-9-5-4-6-10-19)26-23(25-20-11-7-8-12-20)24-14-22-28-27-18(2)29(22)3;/h4-6,9-10,17,20-21H,7-8,11-16H2,1-3H3,(H2,24,25,26);1H. The molecule has 2 aromatic rings. The second kappa shape index (κ2) is 11.3. The van der Waals surface area contributed by atoms with Crippen LogP contribution in [-0.2, 0) is 20.1 Å². The molecule has 7 nitrogen and oxygen atoms in total. The summed E-state index contributed by atoms with van der Waals surface area (Å²) in [6.07, 6.45) is 6.19. The van der Waals surface area contributed by atoms with Gasteiger partial charge in [0.05, 0.1) is 0 Å². The quantitative estimate of drug-likeness (QED) is 0.336. The van der Waals surface area contributed by atoms with E-state index in [1.54, 1.807) is 0 Å². The Morgan fingerprint density at radius 1 is 1.10 bits per heavy atom. The minimum atomic E-state index is 0. The highest BCUT2D eigenvalue weighted by atomic mass is 127. The molecule has 1 aliphatic heterocycles. The Balaban J connectivity index is 0.00000272. The summed E-state index contributed by atoms with van der Waals surface area (Å²) in [6, 6.07) is 12.2. The number of nitrogens with zero attached hydrogens (tertiary/aromatic N) is 5.